The van der Waals surface area contributed by atoms with E-state index in [0.717, 1.165) is 25.7 Å². The molecule has 1 fully saturated rings. The Hall–Kier alpha value is -0.570. The number of hydrogen-bond acceptors (Lipinski definition) is 3. The first-order valence-corrected chi connectivity index (χ1v) is 6.75. The van der Waals surface area contributed by atoms with Gasteiger partial charge in [-0.2, -0.15) is 0 Å². The molecule has 100 valence electrons. The molecule has 1 unspecified atom stereocenters. The van der Waals surface area contributed by atoms with Gasteiger partial charge in [-0.05, 0) is 58.3 Å². The highest BCUT2D eigenvalue weighted by Gasteiger charge is 2.26. The van der Waals surface area contributed by atoms with Gasteiger partial charge in [-0.15, -0.1) is 0 Å². The molecule has 0 heterocycles. The van der Waals surface area contributed by atoms with Crippen molar-refractivity contribution in [2.24, 2.45) is 17.6 Å². The molecule has 1 aliphatic carbocycles. The average molecular weight is 241 g/mol. The van der Waals surface area contributed by atoms with Crippen LogP contribution in [-0.2, 0) is 9.53 Å². The van der Waals surface area contributed by atoms with Crippen LogP contribution in [0.25, 0.3) is 0 Å². The van der Waals surface area contributed by atoms with Crippen LogP contribution in [0, 0.1) is 11.8 Å². The van der Waals surface area contributed by atoms with Crippen molar-refractivity contribution in [1.29, 1.82) is 0 Å². The van der Waals surface area contributed by atoms with Gasteiger partial charge in [-0.1, -0.05) is 6.92 Å². The molecule has 0 spiro atoms. The minimum absolute atomic E-state index is 0.0696. The van der Waals surface area contributed by atoms with Gasteiger partial charge in [0.25, 0.3) is 0 Å². The van der Waals surface area contributed by atoms with E-state index in [9.17, 15) is 4.79 Å². The van der Waals surface area contributed by atoms with Gasteiger partial charge in [0.15, 0.2) is 0 Å². The summed E-state index contributed by atoms with van der Waals surface area (Å²) in [6, 6.07) is 0.375. The molecule has 1 rings (SSSR count). The zero-order valence-electron chi connectivity index (χ0n) is 11.7. The predicted molar refractivity (Wildman–Crippen MR) is 69.6 cm³/mol. The van der Waals surface area contributed by atoms with Crippen LogP contribution in [0.2, 0.25) is 0 Å². The Morgan fingerprint density at radius 2 is 1.82 bits per heavy atom. The maximum atomic E-state index is 11.7. The second-order valence-corrected chi connectivity index (χ2v) is 6.44. The summed E-state index contributed by atoms with van der Waals surface area (Å²) >= 11 is 0. The zero-order valence-corrected chi connectivity index (χ0v) is 11.7. The van der Waals surface area contributed by atoms with E-state index in [1.807, 2.05) is 20.8 Å². The van der Waals surface area contributed by atoms with Gasteiger partial charge in [-0.3, -0.25) is 4.79 Å². The normalized spacial score (nSPS) is 27.6. The van der Waals surface area contributed by atoms with Gasteiger partial charge in [0.2, 0.25) is 0 Å². The number of carbonyl (C=O) groups is 1. The smallest absolute Gasteiger partial charge is 0.306 e. The first-order chi connectivity index (χ1) is 7.78. The van der Waals surface area contributed by atoms with E-state index in [1.54, 1.807) is 0 Å². The Balaban J connectivity index is 2.33. The standard InChI is InChI=1S/C14H27NO2/c1-10(9-13(16)17-14(2,3)4)11-5-7-12(15)8-6-11/h10-12H,5-9,15H2,1-4H3. The summed E-state index contributed by atoms with van der Waals surface area (Å²) in [5, 5.41) is 0. The van der Waals surface area contributed by atoms with Crippen LogP contribution in [0.3, 0.4) is 0 Å². The molecular weight excluding hydrogens is 214 g/mol. The third-order valence-electron chi connectivity index (χ3n) is 3.53. The van der Waals surface area contributed by atoms with E-state index >= 15 is 0 Å². The Morgan fingerprint density at radius 1 is 1.29 bits per heavy atom. The largest absolute Gasteiger partial charge is 0.460 e. The van der Waals surface area contributed by atoms with Crippen molar-refractivity contribution in [3.05, 3.63) is 0 Å². The fourth-order valence-corrected chi connectivity index (χ4v) is 2.53. The second-order valence-electron chi connectivity index (χ2n) is 6.44. The lowest BCUT2D eigenvalue weighted by Crippen LogP contribution is -2.31. The van der Waals surface area contributed by atoms with Crippen molar-refractivity contribution >= 4 is 5.97 Å². The lowest BCUT2D eigenvalue weighted by atomic mass is 9.78. The molecule has 1 saturated carbocycles. The summed E-state index contributed by atoms with van der Waals surface area (Å²) in [4.78, 5) is 11.7. The quantitative estimate of drug-likeness (QED) is 0.773. The molecule has 0 aromatic rings. The van der Waals surface area contributed by atoms with E-state index in [-0.39, 0.29) is 11.6 Å². The number of ether oxygens (including phenoxy) is 1. The highest BCUT2D eigenvalue weighted by atomic mass is 16.6. The van der Waals surface area contributed by atoms with Crippen molar-refractivity contribution in [2.45, 2.75) is 71.4 Å². The summed E-state index contributed by atoms with van der Waals surface area (Å²) in [7, 11) is 0. The van der Waals surface area contributed by atoms with Gasteiger partial charge in [-0.25, -0.2) is 0 Å². The molecule has 0 radical (unpaired) electrons. The molecule has 3 heteroatoms. The van der Waals surface area contributed by atoms with Gasteiger partial charge >= 0.3 is 5.97 Å². The van der Waals surface area contributed by atoms with Crippen LogP contribution in [0.5, 0.6) is 0 Å². The predicted octanol–water partition coefficient (Wildman–Crippen LogP) is 2.87. The van der Waals surface area contributed by atoms with Crippen LogP contribution < -0.4 is 5.73 Å². The molecule has 2 N–H and O–H groups in total. The molecule has 0 amide bonds. The Bertz CT molecular complexity index is 249. The van der Waals surface area contributed by atoms with Crippen molar-refractivity contribution in [3.63, 3.8) is 0 Å². The van der Waals surface area contributed by atoms with E-state index < -0.39 is 0 Å². The Labute approximate surface area is 105 Å². The molecule has 0 aliphatic heterocycles. The van der Waals surface area contributed by atoms with E-state index in [4.69, 9.17) is 10.5 Å². The summed E-state index contributed by atoms with van der Waals surface area (Å²) in [6.45, 7) is 7.89. The van der Waals surface area contributed by atoms with Crippen LogP contribution in [0.1, 0.15) is 59.8 Å². The monoisotopic (exact) mass is 241 g/mol. The Kier molecular flexibility index (Phi) is 4.99. The molecule has 17 heavy (non-hydrogen) atoms. The maximum absolute atomic E-state index is 11.7. The van der Waals surface area contributed by atoms with E-state index in [1.165, 1.54) is 0 Å². The fraction of sp³-hybridized carbons (Fsp3) is 0.929. The second kappa shape index (κ2) is 5.85. The third kappa shape index (κ3) is 5.53. The highest BCUT2D eigenvalue weighted by Crippen LogP contribution is 2.31. The summed E-state index contributed by atoms with van der Waals surface area (Å²) in [5.74, 6) is 0.986. The fourth-order valence-electron chi connectivity index (χ4n) is 2.53. The van der Waals surface area contributed by atoms with Crippen molar-refractivity contribution in [2.75, 3.05) is 0 Å². The molecule has 0 bridgehead atoms. The first kappa shape index (κ1) is 14.5. The molecule has 1 atom stereocenters. The summed E-state index contributed by atoms with van der Waals surface area (Å²) in [5.41, 5.74) is 5.52. The van der Waals surface area contributed by atoms with Gasteiger partial charge in [0, 0.05) is 12.5 Å². The first-order valence-electron chi connectivity index (χ1n) is 6.75. The van der Waals surface area contributed by atoms with Gasteiger partial charge in [0.1, 0.15) is 5.60 Å². The van der Waals surface area contributed by atoms with Crippen molar-refractivity contribution < 1.29 is 9.53 Å². The zero-order chi connectivity index (χ0) is 13.1. The maximum Gasteiger partial charge on any atom is 0.306 e. The third-order valence-corrected chi connectivity index (χ3v) is 3.53. The van der Waals surface area contributed by atoms with Crippen LogP contribution in [-0.4, -0.2) is 17.6 Å². The molecule has 0 aromatic heterocycles. The number of rotatable bonds is 3. The molecular formula is C14H27NO2. The van der Waals surface area contributed by atoms with Gasteiger partial charge in [0.05, 0.1) is 0 Å². The number of esters is 1. The van der Waals surface area contributed by atoms with Gasteiger partial charge < -0.3 is 10.5 Å². The molecule has 0 aromatic carbocycles. The highest BCUT2D eigenvalue weighted by molar-refractivity contribution is 5.70. The minimum atomic E-state index is -0.369. The average Bonchev–Trinajstić information content (AvgIpc) is 2.15. The number of nitrogens with two attached hydrogens (primary N) is 1. The summed E-state index contributed by atoms with van der Waals surface area (Å²) < 4.78 is 5.36. The summed E-state index contributed by atoms with van der Waals surface area (Å²) in [6.07, 6.45) is 5.06. The SMILES string of the molecule is CC(CC(=O)OC(C)(C)C)C1CCC(N)CC1. The molecule has 1 aliphatic rings. The van der Waals surface area contributed by atoms with Crippen LogP contribution in [0.15, 0.2) is 0 Å². The molecule has 0 saturated heterocycles. The lowest BCUT2D eigenvalue weighted by Gasteiger charge is -2.30. The minimum Gasteiger partial charge on any atom is -0.460 e. The van der Waals surface area contributed by atoms with E-state index in [2.05, 4.69) is 6.92 Å². The number of hydrogen-bond donors (Lipinski definition) is 1. The van der Waals surface area contributed by atoms with Crippen molar-refractivity contribution in [3.8, 4) is 0 Å². The Morgan fingerprint density at radius 3 is 2.29 bits per heavy atom. The van der Waals surface area contributed by atoms with Crippen molar-refractivity contribution in [1.82, 2.24) is 0 Å². The number of carbonyl (C=O) groups excluding carboxylic acids is 1. The van der Waals surface area contributed by atoms with Crippen LogP contribution in [0.4, 0.5) is 0 Å². The van der Waals surface area contributed by atoms with E-state index in [0.29, 0.717) is 24.3 Å². The molecule has 3 nitrogen and oxygen atoms in total. The lowest BCUT2D eigenvalue weighted by molar-refractivity contribution is -0.156. The van der Waals surface area contributed by atoms with Crippen LogP contribution >= 0.6 is 0 Å². The topological polar surface area (TPSA) is 52.3 Å².